The molecule has 7 heteroatoms. The van der Waals surface area contributed by atoms with E-state index < -0.39 is 15.4 Å². The molecule has 0 amide bonds. The number of hydrogen-bond acceptors (Lipinski definition) is 4. The van der Waals surface area contributed by atoms with Crippen LogP contribution >= 0.6 is 0 Å². The Labute approximate surface area is 138 Å². The van der Waals surface area contributed by atoms with Crippen molar-refractivity contribution in [1.29, 1.82) is 0 Å². The van der Waals surface area contributed by atoms with Crippen molar-refractivity contribution in [2.24, 2.45) is 4.99 Å². The SMILES string of the molecule is CCNC(=NCC(C)(O)c1ccccc1)NCCCS(C)(=O)=O. The summed E-state index contributed by atoms with van der Waals surface area (Å²) in [7, 11) is -2.95. The molecule has 1 aromatic rings. The molecule has 1 rings (SSSR count). The van der Waals surface area contributed by atoms with Gasteiger partial charge in [0.25, 0.3) is 0 Å². The maximum Gasteiger partial charge on any atom is 0.191 e. The highest BCUT2D eigenvalue weighted by atomic mass is 32.2. The van der Waals surface area contributed by atoms with Gasteiger partial charge in [0.2, 0.25) is 0 Å². The Hall–Kier alpha value is -1.60. The van der Waals surface area contributed by atoms with E-state index in [-0.39, 0.29) is 12.3 Å². The van der Waals surface area contributed by atoms with Crippen LogP contribution < -0.4 is 10.6 Å². The largest absolute Gasteiger partial charge is 0.384 e. The minimum atomic E-state index is -2.95. The highest BCUT2D eigenvalue weighted by Crippen LogP contribution is 2.20. The van der Waals surface area contributed by atoms with E-state index in [2.05, 4.69) is 15.6 Å². The van der Waals surface area contributed by atoms with Gasteiger partial charge in [-0.1, -0.05) is 30.3 Å². The quantitative estimate of drug-likeness (QED) is 0.371. The summed E-state index contributed by atoms with van der Waals surface area (Å²) in [4.78, 5) is 4.39. The standard InChI is InChI=1S/C16H27N3O3S/c1-4-17-15(18-11-8-12-23(3,21)22)19-13-16(2,20)14-9-6-5-7-10-14/h5-7,9-10,20H,4,8,11-13H2,1-3H3,(H2,17,18,19). The monoisotopic (exact) mass is 341 g/mol. The first-order chi connectivity index (χ1) is 10.7. The molecule has 0 radical (unpaired) electrons. The lowest BCUT2D eigenvalue weighted by atomic mass is 9.96. The normalized spacial score (nSPS) is 15.0. The first kappa shape index (κ1) is 19.4. The highest BCUT2D eigenvalue weighted by Gasteiger charge is 2.22. The number of aliphatic imine (C=N–C) groups is 1. The maximum atomic E-state index is 11.1. The third kappa shape index (κ3) is 7.99. The Morgan fingerprint density at radius 1 is 1.26 bits per heavy atom. The predicted molar refractivity (Wildman–Crippen MR) is 94.3 cm³/mol. The van der Waals surface area contributed by atoms with Gasteiger partial charge in [-0.15, -0.1) is 0 Å². The fraction of sp³-hybridized carbons (Fsp3) is 0.562. The molecule has 23 heavy (non-hydrogen) atoms. The smallest absolute Gasteiger partial charge is 0.191 e. The summed E-state index contributed by atoms with van der Waals surface area (Å²) in [5, 5.41) is 16.7. The summed E-state index contributed by atoms with van der Waals surface area (Å²) >= 11 is 0. The fourth-order valence-electron chi connectivity index (χ4n) is 2.00. The van der Waals surface area contributed by atoms with Gasteiger partial charge in [-0.05, 0) is 25.8 Å². The number of sulfone groups is 1. The first-order valence-electron chi connectivity index (χ1n) is 7.72. The van der Waals surface area contributed by atoms with Gasteiger partial charge in [-0.25, -0.2) is 13.4 Å². The predicted octanol–water partition coefficient (Wildman–Crippen LogP) is 0.884. The lowest BCUT2D eigenvalue weighted by Crippen LogP contribution is -2.39. The molecular weight excluding hydrogens is 314 g/mol. The van der Waals surface area contributed by atoms with E-state index in [1.165, 1.54) is 6.26 Å². The Bertz CT molecular complexity index is 598. The van der Waals surface area contributed by atoms with Gasteiger partial charge in [0.05, 0.1) is 12.3 Å². The van der Waals surface area contributed by atoms with Crippen LogP contribution in [0.1, 0.15) is 25.8 Å². The molecule has 0 heterocycles. The molecule has 1 unspecified atom stereocenters. The van der Waals surface area contributed by atoms with Crippen molar-refractivity contribution in [3.63, 3.8) is 0 Å². The molecule has 6 nitrogen and oxygen atoms in total. The van der Waals surface area contributed by atoms with E-state index in [0.717, 1.165) is 5.56 Å². The molecule has 0 aliphatic rings. The van der Waals surface area contributed by atoms with Crippen LogP contribution in [-0.2, 0) is 15.4 Å². The van der Waals surface area contributed by atoms with Crippen molar-refractivity contribution in [1.82, 2.24) is 10.6 Å². The molecular formula is C16H27N3O3S. The van der Waals surface area contributed by atoms with Gasteiger partial charge < -0.3 is 15.7 Å². The zero-order valence-corrected chi connectivity index (χ0v) is 14.9. The van der Waals surface area contributed by atoms with E-state index in [1.807, 2.05) is 37.3 Å². The molecule has 0 spiro atoms. The van der Waals surface area contributed by atoms with Crippen molar-refractivity contribution in [2.75, 3.05) is 31.6 Å². The minimum Gasteiger partial charge on any atom is -0.384 e. The average molecular weight is 341 g/mol. The van der Waals surface area contributed by atoms with Gasteiger partial charge in [0, 0.05) is 19.3 Å². The summed E-state index contributed by atoms with van der Waals surface area (Å²) in [6, 6.07) is 9.38. The summed E-state index contributed by atoms with van der Waals surface area (Å²) in [5.41, 5.74) is -0.257. The molecule has 3 N–H and O–H groups in total. The summed E-state index contributed by atoms with van der Waals surface area (Å²) < 4.78 is 22.2. The topological polar surface area (TPSA) is 90.8 Å². The van der Waals surface area contributed by atoms with Crippen LogP contribution in [-0.4, -0.2) is 51.1 Å². The summed E-state index contributed by atoms with van der Waals surface area (Å²) in [6.07, 6.45) is 1.74. The number of aliphatic hydroxyl groups is 1. The molecule has 0 saturated heterocycles. The van der Waals surface area contributed by atoms with E-state index in [1.54, 1.807) is 6.92 Å². The van der Waals surface area contributed by atoms with E-state index in [4.69, 9.17) is 0 Å². The lowest BCUT2D eigenvalue weighted by molar-refractivity contribution is 0.0672. The van der Waals surface area contributed by atoms with Crippen molar-refractivity contribution in [2.45, 2.75) is 25.9 Å². The van der Waals surface area contributed by atoms with Crippen molar-refractivity contribution in [3.8, 4) is 0 Å². The molecule has 0 aromatic heterocycles. The highest BCUT2D eigenvalue weighted by molar-refractivity contribution is 7.90. The van der Waals surface area contributed by atoms with Crippen molar-refractivity contribution >= 4 is 15.8 Å². The zero-order chi connectivity index (χ0) is 17.3. The van der Waals surface area contributed by atoms with Crippen molar-refractivity contribution < 1.29 is 13.5 Å². The third-order valence-electron chi connectivity index (χ3n) is 3.27. The van der Waals surface area contributed by atoms with Crippen LogP contribution in [0, 0.1) is 0 Å². The summed E-state index contributed by atoms with van der Waals surface area (Å²) in [6.45, 7) is 5.07. The van der Waals surface area contributed by atoms with Gasteiger partial charge in [-0.3, -0.25) is 0 Å². The number of guanidine groups is 1. The Morgan fingerprint density at radius 2 is 1.91 bits per heavy atom. The zero-order valence-electron chi connectivity index (χ0n) is 14.0. The number of nitrogens with one attached hydrogen (secondary N) is 2. The van der Waals surface area contributed by atoms with Crippen LogP contribution in [0.25, 0.3) is 0 Å². The minimum absolute atomic E-state index is 0.140. The van der Waals surface area contributed by atoms with Crippen LogP contribution in [0.3, 0.4) is 0 Å². The molecule has 0 bridgehead atoms. The second kappa shape index (κ2) is 8.88. The summed E-state index contributed by atoms with van der Waals surface area (Å²) in [5.74, 6) is 0.707. The molecule has 1 aromatic carbocycles. The number of hydrogen-bond donors (Lipinski definition) is 3. The first-order valence-corrected chi connectivity index (χ1v) is 9.78. The molecule has 0 fully saturated rings. The molecule has 0 aliphatic heterocycles. The lowest BCUT2D eigenvalue weighted by Gasteiger charge is -2.22. The average Bonchev–Trinajstić information content (AvgIpc) is 2.49. The fourth-order valence-corrected chi connectivity index (χ4v) is 2.67. The van der Waals surface area contributed by atoms with Crippen LogP contribution in [0.2, 0.25) is 0 Å². The Balaban J connectivity index is 2.60. The van der Waals surface area contributed by atoms with Crippen LogP contribution in [0.5, 0.6) is 0 Å². The second-order valence-electron chi connectivity index (χ2n) is 5.75. The number of rotatable bonds is 8. The van der Waals surface area contributed by atoms with E-state index in [9.17, 15) is 13.5 Å². The van der Waals surface area contributed by atoms with Gasteiger partial charge in [0.1, 0.15) is 15.4 Å². The Kier molecular flexibility index (Phi) is 7.51. The van der Waals surface area contributed by atoms with Gasteiger partial charge >= 0.3 is 0 Å². The van der Waals surface area contributed by atoms with Gasteiger partial charge in [0.15, 0.2) is 5.96 Å². The van der Waals surface area contributed by atoms with Crippen molar-refractivity contribution in [3.05, 3.63) is 35.9 Å². The maximum absolute atomic E-state index is 11.1. The third-order valence-corrected chi connectivity index (χ3v) is 4.30. The van der Waals surface area contributed by atoms with E-state index in [0.29, 0.717) is 25.5 Å². The van der Waals surface area contributed by atoms with Crippen LogP contribution in [0.4, 0.5) is 0 Å². The van der Waals surface area contributed by atoms with E-state index >= 15 is 0 Å². The number of nitrogens with zero attached hydrogens (tertiary/aromatic N) is 1. The molecule has 1 atom stereocenters. The molecule has 0 aliphatic carbocycles. The molecule has 0 saturated carbocycles. The second-order valence-corrected chi connectivity index (χ2v) is 8.01. The van der Waals surface area contributed by atoms with Gasteiger partial charge in [-0.2, -0.15) is 0 Å². The Morgan fingerprint density at radius 3 is 2.48 bits per heavy atom. The molecule has 130 valence electrons. The van der Waals surface area contributed by atoms with Crippen LogP contribution in [0.15, 0.2) is 35.3 Å². The number of benzene rings is 1.